The first-order chi connectivity index (χ1) is 9.63. The number of aromatic nitrogens is 3. The van der Waals surface area contributed by atoms with E-state index in [9.17, 15) is 0 Å². The smallest absolute Gasteiger partial charge is 0.115 e. The lowest BCUT2D eigenvalue weighted by Gasteiger charge is -2.14. The van der Waals surface area contributed by atoms with Gasteiger partial charge >= 0.3 is 0 Å². The highest BCUT2D eigenvalue weighted by Crippen LogP contribution is 2.27. The summed E-state index contributed by atoms with van der Waals surface area (Å²) in [7, 11) is 0. The Hall–Kier alpha value is -1.53. The fourth-order valence-corrected chi connectivity index (χ4v) is 3.08. The Morgan fingerprint density at radius 2 is 2.10 bits per heavy atom. The molecule has 3 heterocycles. The molecule has 0 aromatic carbocycles. The topological polar surface area (TPSA) is 50.7 Å². The van der Waals surface area contributed by atoms with Crippen LogP contribution in [0.4, 0.5) is 5.69 Å². The molecule has 0 fully saturated rings. The van der Waals surface area contributed by atoms with Crippen molar-refractivity contribution in [2.75, 3.05) is 5.32 Å². The van der Waals surface area contributed by atoms with E-state index in [4.69, 9.17) is 0 Å². The molecule has 0 saturated carbocycles. The molecule has 0 aliphatic carbocycles. The molecule has 6 heteroatoms. The molecule has 102 valence electrons. The molecule has 3 rings (SSSR count). The van der Waals surface area contributed by atoms with Gasteiger partial charge in [0.15, 0.2) is 0 Å². The van der Waals surface area contributed by atoms with E-state index in [0.717, 1.165) is 26.2 Å². The molecule has 0 bridgehead atoms. The van der Waals surface area contributed by atoms with E-state index in [1.165, 1.54) is 4.88 Å². The predicted octanol–water partition coefficient (Wildman–Crippen LogP) is 4.33. The molecular formula is C14H13BrN4S. The van der Waals surface area contributed by atoms with Crippen molar-refractivity contribution in [2.24, 2.45) is 0 Å². The Labute approximate surface area is 129 Å². The fourth-order valence-electron chi connectivity index (χ4n) is 1.99. The summed E-state index contributed by atoms with van der Waals surface area (Å²) in [5, 5.41) is 4.54. The number of aryl methyl sites for hydroxylation is 1. The fraction of sp³-hybridized carbons (Fsp3) is 0.214. The largest absolute Gasteiger partial charge is 0.374 e. The molecule has 0 aliphatic rings. The van der Waals surface area contributed by atoms with Crippen LogP contribution in [0.2, 0.25) is 0 Å². The van der Waals surface area contributed by atoms with Gasteiger partial charge in [-0.3, -0.25) is 9.97 Å². The number of hydrogen-bond acceptors (Lipinski definition) is 5. The number of nitrogens with zero attached hydrogens (tertiary/aromatic N) is 3. The second kappa shape index (κ2) is 5.46. The van der Waals surface area contributed by atoms with Crippen molar-refractivity contribution in [1.29, 1.82) is 0 Å². The molecule has 4 nitrogen and oxygen atoms in total. The quantitative estimate of drug-likeness (QED) is 0.765. The monoisotopic (exact) mass is 348 g/mol. The number of thiazole rings is 1. The number of rotatable bonds is 3. The Morgan fingerprint density at radius 3 is 2.85 bits per heavy atom. The van der Waals surface area contributed by atoms with E-state index < -0.39 is 0 Å². The molecule has 0 spiro atoms. The van der Waals surface area contributed by atoms with Gasteiger partial charge in [-0.1, -0.05) is 0 Å². The Morgan fingerprint density at radius 1 is 1.25 bits per heavy atom. The van der Waals surface area contributed by atoms with Crippen molar-refractivity contribution in [3.05, 3.63) is 45.1 Å². The van der Waals surface area contributed by atoms with Gasteiger partial charge < -0.3 is 5.32 Å². The van der Waals surface area contributed by atoms with Gasteiger partial charge in [-0.25, -0.2) is 4.98 Å². The Balaban J connectivity index is 1.94. The molecule has 1 atom stereocenters. The molecule has 0 amide bonds. The van der Waals surface area contributed by atoms with Crippen molar-refractivity contribution in [1.82, 2.24) is 15.0 Å². The van der Waals surface area contributed by atoms with E-state index in [1.807, 2.05) is 18.3 Å². The molecule has 20 heavy (non-hydrogen) atoms. The molecule has 0 radical (unpaired) electrons. The van der Waals surface area contributed by atoms with Crippen LogP contribution in [-0.2, 0) is 0 Å². The van der Waals surface area contributed by atoms with Gasteiger partial charge in [0.1, 0.15) is 10.5 Å². The number of pyridine rings is 2. The molecule has 3 aromatic rings. The first-order valence-corrected chi connectivity index (χ1v) is 7.83. The Bertz CT molecular complexity index is 756. The Kier molecular flexibility index (Phi) is 3.67. The lowest BCUT2D eigenvalue weighted by atomic mass is 10.2. The maximum absolute atomic E-state index is 4.44. The lowest BCUT2D eigenvalue weighted by molar-refractivity contribution is 0.870. The first-order valence-electron chi connectivity index (χ1n) is 6.22. The van der Waals surface area contributed by atoms with Crippen LogP contribution >= 0.6 is 27.3 Å². The van der Waals surface area contributed by atoms with Crippen LogP contribution in [0, 0.1) is 6.92 Å². The van der Waals surface area contributed by atoms with Crippen LogP contribution in [0.15, 0.2) is 35.2 Å². The van der Waals surface area contributed by atoms with Crippen LogP contribution in [0.25, 0.3) is 11.0 Å². The number of hydrogen-bond donors (Lipinski definition) is 1. The minimum Gasteiger partial charge on any atom is -0.374 e. The van der Waals surface area contributed by atoms with E-state index >= 15 is 0 Å². The van der Waals surface area contributed by atoms with E-state index in [0.29, 0.717) is 0 Å². The number of nitrogens with one attached hydrogen (secondary N) is 1. The van der Waals surface area contributed by atoms with Crippen LogP contribution < -0.4 is 5.32 Å². The normalized spacial score (nSPS) is 12.6. The summed E-state index contributed by atoms with van der Waals surface area (Å²) in [6.45, 7) is 4.16. The van der Waals surface area contributed by atoms with Crippen LogP contribution in [-0.4, -0.2) is 15.0 Å². The molecule has 1 unspecified atom stereocenters. The highest BCUT2D eigenvalue weighted by atomic mass is 79.9. The summed E-state index contributed by atoms with van der Waals surface area (Å²) >= 11 is 5.12. The molecule has 0 saturated heterocycles. The average molecular weight is 349 g/mol. The standard InChI is InChI=1S/C14H13BrN4S/c1-8-6-18-14(20-8)9(2)19-11-3-4-16-12-5-10(15)7-17-13(11)12/h3-7,9H,1-2H3,(H,16,19). The third kappa shape index (κ3) is 2.66. The molecule has 1 N–H and O–H groups in total. The molecule has 0 aliphatic heterocycles. The number of fused-ring (bicyclic) bond motifs is 1. The van der Waals surface area contributed by atoms with Crippen molar-refractivity contribution < 1.29 is 0 Å². The number of halogens is 1. The van der Waals surface area contributed by atoms with Gasteiger partial charge in [0.25, 0.3) is 0 Å². The van der Waals surface area contributed by atoms with Crippen LogP contribution in [0.5, 0.6) is 0 Å². The van der Waals surface area contributed by atoms with Crippen molar-refractivity contribution in [3.63, 3.8) is 0 Å². The summed E-state index contributed by atoms with van der Waals surface area (Å²) in [4.78, 5) is 14.4. The highest BCUT2D eigenvalue weighted by Gasteiger charge is 2.11. The SMILES string of the molecule is Cc1cnc(C(C)Nc2ccnc3cc(Br)cnc23)s1. The zero-order chi connectivity index (χ0) is 14.1. The van der Waals surface area contributed by atoms with E-state index in [-0.39, 0.29) is 6.04 Å². The predicted molar refractivity (Wildman–Crippen MR) is 86.1 cm³/mol. The van der Waals surface area contributed by atoms with Crippen molar-refractivity contribution >= 4 is 44.0 Å². The zero-order valence-electron chi connectivity index (χ0n) is 11.1. The van der Waals surface area contributed by atoms with Gasteiger partial charge in [-0.2, -0.15) is 0 Å². The summed E-state index contributed by atoms with van der Waals surface area (Å²) in [6.07, 6.45) is 5.48. The molecular weight excluding hydrogens is 336 g/mol. The minimum atomic E-state index is 0.143. The maximum Gasteiger partial charge on any atom is 0.115 e. The van der Waals surface area contributed by atoms with E-state index in [1.54, 1.807) is 23.7 Å². The van der Waals surface area contributed by atoms with Gasteiger partial charge in [0.05, 0.1) is 17.2 Å². The highest BCUT2D eigenvalue weighted by molar-refractivity contribution is 9.10. The van der Waals surface area contributed by atoms with Crippen LogP contribution in [0.3, 0.4) is 0 Å². The molecule has 3 aromatic heterocycles. The zero-order valence-corrected chi connectivity index (χ0v) is 13.5. The van der Waals surface area contributed by atoms with E-state index in [2.05, 4.69) is 50.0 Å². The lowest BCUT2D eigenvalue weighted by Crippen LogP contribution is -2.07. The summed E-state index contributed by atoms with van der Waals surface area (Å²) in [5.41, 5.74) is 2.71. The van der Waals surface area contributed by atoms with Crippen LogP contribution in [0.1, 0.15) is 22.9 Å². The van der Waals surface area contributed by atoms with Gasteiger partial charge in [0.2, 0.25) is 0 Å². The summed E-state index contributed by atoms with van der Waals surface area (Å²) in [5.74, 6) is 0. The maximum atomic E-state index is 4.44. The third-order valence-electron chi connectivity index (χ3n) is 2.93. The van der Waals surface area contributed by atoms with Gasteiger partial charge in [-0.05, 0) is 41.9 Å². The summed E-state index contributed by atoms with van der Waals surface area (Å²) < 4.78 is 0.929. The second-order valence-electron chi connectivity index (χ2n) is 4.55. The van der Waals surface area contributed by atoms with Gasteiger partial charge in [0, 0.05) is 27.9 Å². The minimum absolute atomic E-state index is 0.143. The first kappa shape index (κ1) is 13.5. The second-order valence-corrected chi connectivity index (χ2v) is 6.74. The van der Waals surface area contributed by atoms with Crippen molar-refractivity contribution in [3.8, 4) is 0 Å². The average Bonchev–Trinajstić information content (AvgIpc) is 2.85. The third-order valence-corrected chi connectivity index (χ3v) is 4.45. The number of anilines is 1. The summed E-state index contributed by atoms with van der Waals surface area (Å²) in [6, 6.07) is 4.05. The van der Waals surface area contributed by atoms with Gasteiger partial charge in [-0.15, -0.1) is 11.3 Å². The van der Waals surface area contributed by atoms with Crippen molar-refractivity contribution in [2.45, 2.75) is 19.9 Å².